The average Bonchev–Trinajstić information content (AvgIpc) is 3.57. The number of alkyl halides is 3. The molecule has 1 aromatic heterocycles. The molecule has 1 fully saturated rings. The molecule has 2 atom stereocenters. The van der Waals surface area contributed by atoms with Gasteiger partial charge in [-0.2, -0.15) is 23.3 Å². The lowest BCUT2D eigenvalue weighted by atomic mass is 10.1. The number of aliphatic imine (C=N–C) groups is 1. The van der Waals surface area contributed by atoms with Gasteiger partial charge in [0.15, 0.2) is 5.17 Å². The van der Waals surface area contributed by atoms with Crippen LogP contribution in [-0.4, -0.2) is 51.7 Å². The summed E-state index contributed by atoms with van der Waals surface area (Å²) in [5, 5.41) is 21.3. The molecule has 194 valence electrons. The molecule has 37 heavy (non-hydrogen) atoms. The topological polar surface area (TPSA) is 91.5 Å². The quantitative estimate of drug-likeness (QED) is 0.398. The molecule has 1 saturated heterocycles. The summed E-state index contributed by atoms with van der Waals surface area (Å²) in [4.78, 5) is 17.0. The molecule has 2 unspecified atom stereocenters. The predicted molar refractivity (Wildman–Crippen MR) is 138 cm³/mol. The first-order valence-corrected chi connectivity index (χ1v) is 12.8. The van der Waals surface area contributed by atoms with Gasteiger partial charge in [0.2, 0.25) is 0 Å². The van der Waals surface area contributed by atoms with E-state index in [-0.39, 0.29) is 35.7 Å². The van der Waals surface area contributed by atoms with Crippen molar-refractivity contribution in [2.45, 2.75) is 25.2 Å². The molecule has 7 nitrogen and oxygen atoms in total. The number of thioether (sulfide) groups is 1. The van der Waals surface area contributed by atoms with E-state index in [9.17, 15) is 23.1 Å². The highest BCUT2D eigenvalue weighted by molar-refractivity contribution is 8.18. The van der Waals surface area contributed by atoms with E-state index in [0.717, 1.165) is 30.0 Å². The van der Waals surface area contributed by atoms with Crippen LogP contribution in [0.4, 0.5) is 13.2 Å². The van der Waals surface area contributed by atoms with Gasteiger partial charge in [-0.15, -0.1) is 0 Å². The molecule has 0 bridgehead atoms. The number of benzene rings is 2. The Bertz CT molecular complexity index is 1400. The van der Waals surface area contributed by atoms with Crippen molar-refractivity contribution < 1.29 is 23.1 Å². The van der Waals surface area contributed by atoms with Crippen molar-refractivity contribution >= 4 is 51.4 Å². The second-order valence-electron chi connectivity index (χ2n) is 9.02. The first-order valence-electron chi connectivity index (χ1n) is 11.6. The Labute approximate surface area is 219 Å². The van der Waals surface area contributed by atoms with Gasteiger partial charge in [0.05, 0.1) is 35.3 Å². The number of aromatic nitrogens is 2. The Hall–Kier alpha value is -2.86. The van der Waals surface area contributed by atoms with Gasteiger partial charge < -0.3 is 15.7 Å². The summed E-state index contributed by atoms with van der Waals surface area (Å²) in [6, 6.07) is 9.21. The number of rotatable bonds is 6. The Morgan fingerprint density at radius 2 is 2.11 bits per heavy atom. The van der Waals surface area contributed by atoms with Crippen LogP contribution in [0, 0.1) is 5.92 Å². The van der Waals surface area contributed by atoms with Crippen LogP contribution in [-0.2, 0) is 17.5 Å². The normalized spacial score (nSPS) is 21.3. The Morgan fingerprint density at radius 1 is 1.27 bits per heavy atom. The molecule has 0 aliphatic carbocycles. The van der Waals surface area contributed by atoms with Gasteiger partial charge in [0.1, 0.15) is 0 Å². The third kappa shape index (κ3) is 5.85. The van der Waals surface area contributed by atoms with Crippen molar-refractivity contribution in [2.24, 2.45) is 10.9 Å². The zero-order valence-corrected chi connectivity index (χ0v) is 21.0. The molecule has 2 aliphatic heterocycles. The third-order valence-electron chi connectivity index (χ3n) is 6.36. The fraction of sp³-hybridized carbons (Fsp3) is 0.320. The fourth-order valence-electron chi connectivity index (χ4n) is 4.50. The molecular formula is C25H23ClF3N5O2S. The standard InChI is InChI=1S/C25H23ClF3N5O2S/c26-18-3-2-16(20(8-18)25(27,28)29)12-34-21-4-1-14(5-17(21)11-32-34)7-22-23(36)33-24(37-22)31-10-15-6-19(13-35)30-9-15/h1-5,7-8,11,15,19,30,35H,6,9-10,12-13H2,(H,31,33,36). The molecule has 3 heterocycles. The number of amides is 1. The number of nitrogens with zero attached hydrogens (tertiary/aromatic N) is 3. The molecule has 0 radical (unpaired) electrons. The van der Waals surface area contributed by atoms with Crippen LogP contribution in [0.5, 0.6) is 0 Å². The van der Waals surface area contributed by atoms with Crippen molar-refractivity contribution in [2.75, 3.05) is 19.7 Å². The number of fused-ring (bicyclic) bond motifs is 1. The number of aliphatic hydroxyl groups excluding tert-OH is 1. The van der Waals surface area contributed by atoms with Crippen LogP contribution >= 0.6 is 23.4 Å². The van der Waals surface area contributed by atoms with Crippen LogP contribution in [0.2, 0.25) is 5.02 Å². The number of halogens is 4. The molecule has 5 rings (SSSR count). The predicted octanol–water partition coefficient (Wildman–Crippen LogP) is 4.29. The smallest absolute Gasteiger partial charge is 0.395 e. The second kappa shape index (κ2) is 10.5. The number of hydrogen-bond acceptors (Lipinski definition) is 6. The first-order chi connectivity index (χ1) is 17.7. The van der Waals surface area contributed by atoms with Gasteiger partial charge in [-0.3, -0.25) is 9.48 Å². The van der Waals surface area contributed by atoms with Crippen LogP contribution < -0.4 is 10.6 Å². The largest absolute Gasteiger partial charge is 0.416 e. The maximum atomic E-state index is 13.5. The molecular weight excluding hydrogens is 527 g/mol. The highest BCUT2D eigenvalue weighted by Gasteiger charge is 2.33. The molecule has 1 amide bonds. The number of aliphatic hydroxyl groups is 1. The van der Waals surface area contributed by atoms with E-state index in [0.29, 0.717) is 28.1 Å². The summed E-state index contributed by atoms with van der Waals surface area (Å²) in [6.07, 6.45) is -0.342. The molecule has 3 aromatic rings. The van der Waals surface area contributed by atoms with E-state index < -0.39 is 11.7 Å². The van der Waals surface area contributed by atoms with E-state index in [1.807, 2.05) is 6.07 Å². The van der Waals surface area contributed by atoms with Crippen molar-refractivity contribution in [3.8, 4) is 0 Å². The lowest BCUT2D eigenvalue weighted by Crippen LogP contribution is -2.27. The molecule has 2 aliphatic rings. The zero-order chi connectivity index (χ0) is 26.2. The average molecular weight is 550 g/mol. The maximum absolute atomic E-state index is 13.5. The summed E-state index contributed by atoms with van der Waals surface area (Å²) in [6.45, 7) is 1.50. The van der Waals surface area contributed by atoms with Crippen molar-refractivity contribution in [3.05, 3.63) is 69.2 Å². The van der Waals surface area contributed by atoms with Gasteiger partial charge in [-0.05, 0) is 65.6 Å². The highest BCUT2D eigenvalue weighted by atomic mass is 35.5. The van der Waals surface area contributed by atoms with Gasteiger partial charge in [0, 0.05) is 29.5 Å². The van der Waals surface area contributed by atoms with E-state index in [4.69, 9.17) is 11.6 Å². The molecule has 2 aromatic carbocycles. The minimum absolute atomic E-state index is 0.0200. The Balaban J connectivity index is 1.28. The number of carbonyl (C=O) groups is 1. The minimum Gasteiger partial charge on any atom is -0.395 e. The Kier molecular flexibility index (Phi) is 7.30. The number of hydrogen-bond donors (Lipinski definition) is 3. The summed E-state index contributed by atoms with van der Waals surface area (Å²) < 4.78 is 42.0. The van der Waals surface area contributed by atoms with Crippen LogP contribution in [0.3, 0.4) is 0 Å². The van der Waals surface area contributed by atoms with Crippen LogP contribution in [0.15, 0.2) is 52.5 Å². The molecule has 0 saturated carbocycles. The highest BCUT2D eigenvalue weighted by Crippen LogP contribution is 2.35. The number of amidine groups is 1. The van der Waals surface area contributed by atoms with E-state index in [2.05, 4.69) is 20.7 Å². The minimum atomic E-state index is -4.53. The zero-order valence-electron chi connectivity index (χ0n) is 19.4. The number of nitrogens with one attached hydrogen (secondary N) is 2. The maximum Gasteiger partial charge on any atom is 0.416 e. The van der Waals surface area contributed by atoms with Crippen molar-refractivity contribution in [1.82, 2.24) is 20.4 Å². The molecule has 0 spiro atoms. The van der Waals surface area contributed by atoms with Crippen LogP contribution in [0.25, 0.3) is 17.0 Å². The van der Waals surface area contributed by atoms with Crippen molar-refractivity contribution in [1.29, 1.82) is 0 Å². The van der Waals surface area contributed by atoms with Gasteiger partial charge in [0.25, 0.3) is 5.91 Å². The van der Waals surface area contributed by atoms with Crippen LogP contribution in [0.1, 0.15) is 23.1 Å². The van der Waals surface area contributed by atoms with E-state index >= 15 is 0 Å². The fourth-order valence-corrected chi connectivity index (χ4v) is 5.49. The first kappa shape index (κ1) is 25.8. The third-order valence-corrected chi connectivity index (χ3v) is 7.53. The molecule has 12 heteroatoms. The van der Waals surface area contributed by atoms with Gasteiger partial charge >= 0.3 is 6.18 Å². The monoisotopic (exact) mass is 549 g/mol. The van der Waals surface area contributed by atoms with Crippen molar-refractivity contribution in [3.63, 3.8) is 0 Å². The lowest BCUT2D eigenvalue weighted by Gasteiger charge is -2.14. The second-order valence-corrected chi connectivity index (χ2v) is 10.5. The summed E-state index contributed by atoms with van der Waals surface area (Å²) >= 11 is 7.05. The van der Waals surface area contributed by atoms with Gasteiger partial charge in [-0.25, -0.2) is 0 Å². The van der Waals surface area contributed by atoms with E-state index in [1.165, 1.54) is 28.6 Å². The molecule has 3 N–H and O–H groups in total. The van der Waals surface area contributed by atoms with E-state index in [1.54, 1.807) is 24.4 Å². The number of carbonyl (C=O) groups excluding carboxylic acids is 1. The summed E-state index contributed by atoms with van der Waals surface area (Å²) in [5.41, 5.74) is 0.704. The summed E-state index contributed by atoms with van der Waals surface area (Å²) in [5.74, 6) is 0.0195. The lowest BCUT2D eigenvalue weighted by molar-refractivity contribution is -0.138. The Morgan fingerprint density at radius 3 is 2.86 bits per heavy atom. The summed E-state index contributed by atoms with van der Waals surface area (Å²) in [7, 11) is 0. The SMILES string of the molecule is O=C1N=C(NCC2CNC(CO)C2)SC1=Cc1ccc2c(cnn2Cc2ccc(Cl)cc2C(F)(F)F)c1. The van der Waals surface area contributed by atoms with Gasteiger partial charge in [-0.1, -0.05) is 23.7 Å².